The van der Waals surface area contributed by atoms with E-state index in [1.807, 2.05) is 24.3 Å². The van der Waals surface area contributed by atoms with E-state index in [2.05, 4.69) is 16.9 Å². The molecule has 94 valence electrons. The van der Waals surface area contributed by atoms with Crippen molar-refractivity contribution >= 4 is 5.82 Å². The molecule has 2 rings (SSSR count). The molecular weight excluding hydrogens is 233 g/mol. The Morgan fingerprint density at radius 2 is 2.00 bits per heavy atom. The summed E-state index contributed by atoms with van der Waals surface area (Å²) >= 11 is 0. The van der Waals surface area contributed by atoms with Crippen LogP contribution in [0.2, 0.25) is 0 Å². The lowest BCUT2D eigenvalue weighted by molar-refractivity contribution is 0.279. The molecule has 1 aromatic carbocycles. The summed E-state index contributed by atoms with van der Waals surface area (Å²) in [5.41, 5.74) is 7.60. The Hall–Kier alpha value is -2.17. The quantitative estimate of drug-likeness (QED) is 0.900. The SMILES string of the molecule is CCc1ccccc1COc1ncc(F)c(N)n1. The highest BCUT2D eigenvalue weighted by Gasteiger charge is 2.05. The van der Waals surface area contributed by atoms with Crippen molar-refractivity contribution in [3.63, 3.8) is 0 Å². The molecule has 1 aromatic heterocycles. The number of halogens is 1. The summed E-state index contributed by atoms with van der Waals surface area (Å²) < 4.78 is 18.3. The standard InChI is InChI=1S/C13H14FN3O/c1-2-9-5-3-4-6-10(9)8-18-13-16-7-11(14)12(15)17-13/h3-7H,2,8H2,1H3,(H2,15,16,17). The fourth-order valence-corrected chi connectivity index (χ4v) is 1.62. The molecule has 5 heteroatoms. The third-order valence-electron chi connectivity index (χ3n) is 2.61. The van der Waals surface area contributed by atoms with Gasteiger partial charge in [-0.15, -0.1) is 0 Å². The Bertz CT molecular complexity index is 546. The number of aromatic nitrogens is 2. The first kappa shape index (κ1) is 12.3. The molecule has 0 unspecified atom stereocenters. The number of nitrogens with two attached hydrogens (primary N) is 1. The van der Waals surface area contributed by atoms with Crippen molar-refractivity contribution in [3.8, 4) is 6.01 Å². The molecule has 0 spiro atoms. The predicted molar refractivity (Wildman–Crippen MR) is 66.6 cm³/mol. The highest BCUT2D eigenvalue weighted by atomic mass is 19.1. The summed E-state index contributed by atoms with van der Waals surface area (Å²) in [4.78, 5) is 7.43. The zero-order valence-corrected chi connectivity index (χ0v) is 10.1. The average molecular weight is 247 g/mol. The lowest BCUT2D eigenvalue weighted by Gasteiger charge is -2.08. The van der Waals surface area contributed by atoms with Crippen molar-refractivity contribution in [2.75, 3.05) is 5.73 Å². The topological polar surface area (TPSA) is 61.0 Å². The van der Waals surface area contributed by atoms with Crippen molar-refractivity contribution in [2.24, 2.45) is 0 Å². The van der Waals surface area contributed by atoms with Crippen LogP contribution in [0.1, 0.15) is 18.1 Å². The zero-order valence-electron chi connectivity index (χ0n) is 10.1. The zero-order chi connectivity index (χ0) is 13.0. The molecule has 18 heavy (non-hydrogen) atoms. The van der Waals surface area contributed by atoms with Gasteiger partial charge in [0, 0.05) is 0 Å². The number of ether oxygens (including phenoxy) is 1. The van der Waals surface area contributed by atoms with Crippen LogP contribution < -0.4 is 10.5 Å². The highest BCUT2D eigenvalue weighted by molar-refractivity contribution is 5.30. The van der Waals surface area contributed by atoms with Crippen LogP contribution in [0.25, 0.3) is 0 Å². The predicted octanol–water partition coefficient (Wildman–Crippen LogP) is 2.34. The number of nitrogen functional groups attached to an aromatic ring is 1. The number of aryl methyl sites for hydroxylation is 1. The molecular formula is C13H14FN3O. The third kappa shape index (κ3) is 2.74. The van der Waals surface area contributed by atoms with E-state index in [1.54, 1.807) is 0 Å². The van der Waals surface area contributed by atoms with Gasteiger partial charge in [0.1, 0.15) is 6.61 Å². The monoisotopic (exact) mass is 247 g/mol. The van der Waals surface area contributed by atoms with Gasteiger partial charge in [-0.25, -0.2) is 9.37 Å². The maximum absolute atomic E-state index is 12.9. The Morgan fingerprint density at radius 1 is 1.28 bits per heavy atom. The molecule has 2 aromatic rings. The summed E-state index contributed by atoms with van der Waals surface area (Å²) in [6.45, 7) is 2.42. The van der Waals surface area contributed by atoms with Crippen LogP contribution in [0.5, 0.6) is 6.01 Å². The van der Waals surface area contributed by atoms with Gasteiger partial charge >= 0.3 is 6.01 Å². The molecule has 4 nitrogen and oxygen atoms in total. The molecule has 0 radical (unpaired) electrons. The van der Waals surface area contributed by atoms with E-state index in [-0.39, 0.29) is 11.8 Å². The molecule has 0 saturated heterocycles. The summed E-state index contributed by atoms with van der Waals surface area (Å²) in [7, 11) is 0. The van der Waals surface area contributed by atoms with Gasteiger partial charge in [-0.05, 0) is 17.5 Å². The van der Waals surface area contributed by atoms with E-state index in [0.717, 1.165) is 18.2 Å². The van der Waals surface area contributed by atoms with E-state index in [0.29, 0.717) is 6.61 Å². The van der Waals surface area contributed by atoms with E-state index in [1.165, 1.54) is 5.56 Å². The first-order chi connectivity index (χ1) is 8.70. The molecule has 0 aliphatic rings. The van der Waals surface area contributed by atoms with Gasteiger partial charge in [0.2, 0.25) is 0 Å². The van der Waals surface area contributed by atoms with E-state index < -0.39 is 5.82 Å². The minimum absolute atomic E-state index is 0.0832. The Balaban J connectivity index is 2.09. The van der Waals surface area contributed by atoms with Crippen LogP contribution in [-0.2, 0) is 13.0 Å². The van der Waals surface area contributed by atoms with E-state index in [4.69, 9.17) is 10.5 Å². The van der Waals surface area contributed by atoms with Gasteiger partial charge in [0.05, 0.1) is 6.20 Å². The van der Waals surface area contributed by atoms with Crippen molar-refractivity contribution < 1.29 is 9.13 Å². The minimum atomic E-state index is -0.642. The highest BCUT2D eigenvalue weighted by Crippen LogP contribution is 2.14. The van der Waals surface area contributed by atoms with Crippen molar-refractivity contribution in [1.29, 1.82) is 0 Å². The maximum Gasteiger partial charge on any atom is 0.318 e. The van der Waals surface area contributed by atoms with Crippen LogP contribution >= 0.6 is 0 Å². The fraction of sp³-hybridized carbons (Fsp3) is 0.231. The van der Waals surface area contributed by atoms with Crippen LogP contribution in [0, 0.1) is 5.82 Å². The second kappa shape index (κ2) is 5.44. The summed E-state index contributed by atoms with van der Waals surface area (Å²) in [5.74, 6) is -0.847. The Labute approximate surface area is 105 Å². The molecule has 1 heterocycles. The van der Waals surface area contributed by atoms with Crippen molar-refractivity contribution in [3.05, 3.63) is 47.4 Å². The molecule has 0 fully saturated rings. The lowest BCUT2D eigenvalue weighted by atomic mass is 10.1. The smallest absolute Gasteiger partial charge is 0.318 e. The number of benzene rings is 1. The van der Waals surface area contributed by atoms with Gasteiger partial charge in [0.25, 0.3) is 0 Å². The largest absolute Gasteiger partial charge is 0.459 e. The third-order valence-corrected chi connectivity index (χ3v) is 2.61. The normalized spacial score (nSPS) is 10.3. The number of rotatable bonds is 4. The number of hydrogen-bond donors (Lipinski definition) is 1. The summed E-state index contributed by atoms with van der Waals surface area (Å²) in [5, 5.41) is 0. The second-order valence-electron chi connectivity index (χ2n) is 3.80. The van der Waals surface area contributed by atoms with E-state index in [9.17, 15) is 4.39 Å². The summed E-state index contributed by atoms with van der Waals surface area (Å²) in [6, 6.07) is 8.02. The molecule has 0 amide bonds. The van der Waals surface area contributed by atoms with Crippen molar-refractivity contribution in [1.82, 2.24) is 9.97 Å². The van der Waals surface area contributed by atoms with Gasteiger partial charge in [0.15, 0.2) is 11.6 Å². The van der Waals surface area contributed by atoms with Crippen LogP contribution in [-0.4, -0.2) is 9.97 Å². The number of hydrogen-bond acceptors (Lipinski definition) is 4. The molecule has 0 atom stereocenters. The molecule has 0 aliphatic heterocycles. The van der Waals surface area contributed by atoms with E-state index >= 15 is 0 Å². The Morgan fingerprint density at radius 3 is 2.67 bits per heavy atom. The first-order valence-electron chi connectivity index (χ1n) is 5.68. The van der Waals surface area contributed by atoms with Gasteiger partial charge in [-0.3, -0.25) is 0 Å². The second-order valence-corrected chi connectivity index (χ2v) is 3.80. The van der Waals surface area contributed by atoms with Gasteiger partial charge in [-0.1, -0.05) is 31.2 Å². The van der Waals surface area contributed by atoms with Gasteiger partial charge < -0.3 is 10.5 Å². The Kier molecular flexibility index (Phi) is 3.72. The molecule has 2 N–H and O–H groups in total. The van der Waals surface area contributed by atoms with Gasteiger partial charge in [-0.2, -0.15) is 4.98 Å². The first-order valence-corrected chi connectivity index (χ1v) is 5.68. The fourth-order valence-electron chi connectivity index (χ4n) is 1.62. The number of nitrogens with zero attached hydrogens (tertiary/aromatic N) is 2. The van der Waals surface area contributed by atoms with Crippen LogP contribution in [0.4, 0.5) is 10.2 Å². The molecule has 0 saturated carbocycles. The van der Waals surface area contributed by atoms with Crippen molar-refractivity contribution in [2.45, 2.75) is 20.0 Å². The molecule has 0 aliphatic carbocycles. The van der Waals surface area contributed by atoms with Crippen LogP contribution in [0.3, 0.4) is 0 Å². The van der Waals surface area contributed by atoms with Crippen LogP contribution in [0.15, 0.2) is 30.5 Å². The minimum Gasteiger partial charge on any atom is -0.459 e. The molecule has 0 bridgehead atoms. The average Bonchev–Trinajstić information content (AvgIpc) is 2.40. The lowest BCUT2D eigenvalue weighted by Crippen LogP contribution is -2.04. The maximum atomic E-state index is 12.9. The summed E-state index contributed by atoms with van der Waals surface area (Å²) in [6.07, 6.45) is 1.93. The number of anilines is 1.